The first-order chi connectivity index (χ1) is 11.3. The van der Waals surface area contributed by atoms with Crippen molar-refractivity contribution in [2.45, 2.75) is 77.9 Å². The summed E-state index contributed by atoms with van der Waals surface area (Å²) in [6.07, 6.45) is 6.07. The van der Waals surface area contributed by atoms with Crippen LogP contribution in [-0.4, -0.2) is 47.4 Å². The van der Waals surface area contributed by atoms with Crippen LogP contribution >= 0.6 is 0 Å². The maximum absolute atomic E-state index is 11.9. The van der Waals surface area contributed by atoms with Crippen molar-refractivity contribution in [2.24, 2.45) is 11.3 Å². The molecule has 2 atom stereocenters. The standard InChI is InChI=1S/C18H33NO5/c1-4-18(2,3)17(23)24-12-14(20)11-19-15(16(21)22)10-13-8-6-5-7-9-13/h13-15,19-20H,4-12H2,1-3H3,(H,21,22). The second-order valence-electron chi connectivity index (χ2n) is 7.53. The normalized spacial score (nSPS) is 18.8. The first-order valence-corrected chi connectivity index (χ1v) is 9.07. The molecule has 3 N–H and O–H groups in total. The Labute approximate surface area is 145 Å². The number of aliphatic hydroxyl groups is 1. The smallest absolute Gasteiger partial charge is 0.320 e. The third-order valence-corrected chi connectivity index (χ3v) is 5.04. The lowest BCUT2D eigenvalue weighted by atomic mass is 9.85. The quantitative estimate of drug-likeness (QED) is 0.527. The average Bonchev–Trinajstić information content (AvgIpc) is 2.56. The lowest BCUT2D eigenvalue weighted by Crippen LogP contribution is -2.43. The highest BCUT2D eigenvalue weighted by atomic mass is 16.5. The fraction of sp³-hybridized carbons (Fsp3) is 0.889. The van der Waals surface area contributed by atoms with E-state index in [1.807, 2.05) is 6.92 Å². The highest BCUT2D eigenvalue weighted by molar-refractivity contribution is 5.75. The zero-order chi connectivity index (χ0) is 18.2. The molecule has 0 radical (unpaired) electrons. The van der Waals surface area contributed by atoms with E-state index in [1.54, 1.807) is 13.8 Å². The molecule has 24 heavy (non-hydrogen) atoms. The van der Waals surface area contributed by atoms with Crippen LogP contribution in [0.3, 0.4) is 0 Å². The predicted octanol–water partition coefficient (Wildman–Crippen LogP) is 2.34. The molecule has 0 amide bonds. The molecule has 0 aromatic rings. The van der Waals surface area contributed by atoms with Crippen LogP contribution in [0.4, 0.5) is 0 Å². The average molecular weight is 343 g/mol. The van der Waals surface area contributed by atoms with Gasteiger partial charge in [0.1, 0.15) is 18.8 Å². The Hall–Kier alpha value is -1.14. The molecule has 0 aromatic heterocycles. The Morgan fingerprint density at radius 1 is 1.25 bits per heavy atom. The number of hydrogen-bond acceptors (Lipinski definition) is 5. The number of rotatable bonds is 10. The molecule has 1 fully saturated rings. The van der Waals surface area contributed by atoms with Crippen LogP contribution in [0.1, 0.15) is 65.7 Å². The fourth-order valence-corrected chi connectivity index (χ4v) is 2.88. The summed E-state index contributed by atoms with van der Waals surface area (Å²) in [5.74, 6) is -0.800. The van der Waals surface area contributed by atoms with Crippen LogP contribution in [0.15, 0.2) is 0 Å². The van der Waals surface area contributed by atoms with Gasteiger partial charge in [-0.2, -0.15) is 0 Å². The predicted molar refractivity (Wildman–Crippen MR) is 91.7 cm³/mol. The molecule has 6 nitrogen and oxygen atoms in total. The summed E-state index contributed by atoms with van der Waals surface area (Å²) in [4.78, 5) is 23.3. The molecule has 0 bridgehead atoms. The van der Waals surface area contributed by atoms with E-state index in [0.29, 0.717) is 18.8 Å². The number of esters is 1. The van der Waals surface area contributed by atoms with E-state index in [0.717, 1.165) is 12.8 Å². The van der Waals surface area contributed by atoms with Gasteiger partial charge in [-0.05, 0) is 32.6 Å². The Kier molecular flexibility index (Phi) is 8.70. The van der Waals surface area contributed by atoms with Crippen LogP contribution in [0.2, 0.25) is 0 Å². The Balaban J connectivity index is 2.35. The van der Waals surface area contributed by atoms with E-state index in [2.05, 4.69) is 5.32 Å². The molecule has 0 heterocycles. The zero-order valence-electron chi connectivity index (χ0n) is 15.2. The summed E-state index contributed by atoms with van der Waals surface area (Å²) < 4.78 is 5.13. The number of aliphatic hydroxyl groups excluding tert-OH is 1. The van der Waals surface area contributed by atoms with Crippen molar-refractivity contribution in [2.75, 3.05) is 13.2 Å². The maximum atomic E-state index is 11.9. The molecule has 0 saturated heterocycles. The molecule has 2 unspecified atom stereocenters. The second-order valence-corrected chi connectivity index (χ2v) is 7.53. The molecule has 0 aromatic carbocycles. The van der Waals surface area contributed by atoms with Crippen molar-refractivity contribution in [3.63, 3.8) is 0 Å². The number of hydrogen-bond donors (Lipinski definition) is 3. The third-order valence-electron chi connectivity index (χ3n) is 5.04. The number of carbonyl (C=O) groups excluding carboxylic acids is 1. The summed E-state index contributed by atoms with van der Waals surface area (Å²) in [6, 6.07) is -0.662. The summed E-state index contributed by atoms with van der Waals surface area (Å²) in [7, 11) is 0. The second kappa shape index (κ2) is 9.99. The van der Waals surface area contributed by atoms with E-state index in [1.165, 1.54) is 19.3 Å². The molecule has 1 aliphatic carbocycles. The van der Waals surface area contributed by atoms with Crippen molar-refractivity contribution in [1.29, 1.82) is 0 Å². The van der Waals surface area contributed by atoms with E-state index in [4.69, 9.17) is 4.74 Å². The first-order valence-electron chi connectivity index (χ1n) is 9.07. The van der Waals surface area contributed by atoms with Crippen molar-refractivity contribution in [1.82, 2.24) is 5.32 Å². The van der Waals surface area contributed by atoms with E-state index in [-0.39, 0.29) is 19.1 Å². The molecule has 0 spiro atoms. The molecular formula is C18H33NO5. The summed E-state index contributed by atoms with van der Waals surface area (Å²) in [5, 5.41) is 22.2. The minimum Gasteiger partial charge on any atom is -0.480 e. The minimum atomic E-state index is -0.908. The number of carbonyl (C=O) groups is 2. The van der Waals surface area contributed by atoms with Gasteiger partial charge in [-0.3, -0.25) is 9.59 Å². The molecule has 0 aliphatic heterocycles. The van der Waals surface area contributed by atoms with Gasteiger partial charge in [-0.15, -0.1) is 0 Å². The molecule has 140 valence electrons. The van der Waals surface area contributed by atoms with Crippen molar-refractivity contribution in [3.8, 4) is 0 Å². The maximum Gasteiger partial charge on any atom is 0.320 e. The SMILES string of the molecule is CCC(C)(C)C(=O)OCC(O)CNC(CC1CCCCC1)C(=O)O. The molecule has 1 rings (SSSR count). The van der Waals surface area contributed by atoms with Crippen LogP contribution in [-0.2, 0) is 14.3 Å². The van der Waals surface area contributed by atoms with Crippen LogP contribution < -0.4 is 5.32 Å². The van der Waals surface area contributed by atoms with Crippen molar-refractivity contribution < 1.29 is 24.5 Å². The van der Waals surface area contributed by atoms with E-state index >= 15 is 0 Å². The topological polar surface area (TPSA) is 95.9 Å². The number of aliphatic carboxylic acids is 1. The summed E-state index contributed by atoms with van der Waals surface area (Å²) >= 11 is 0. The lowest BCUT2D eigenvalue weighted by Gasteiger charge is -2.26. The van der Waals surface area contributed by atoms with Gasteiger partial charge in [0.15, 0.2) is 0 Å². The van der Waals surface area contributed by atoms with Gasteiger partial charge in [0, 0.05) is 6.54 Å². The third kappa shape index (κ3) is 7.18. The number of carboxylic acid groups (broad SMARTS) is 1. The van der Waals surface area contributed by atoms with Gasteiger partial charge in [0.05, 0.1) is 5.41 Å². The van der Waals surface area contributed by atoms with E-state index in [9.17, 15) is 19.8 Å². The van der Waals surface area contributed by atoms with Crippen LogP contribution in [0, 0.1) is 11.3 Å². The lowest BCUT2D eigenvalue weighted by molar-refractivity contribution is -0.157. The van der Waals surface area contributed by atoms with Crippen molar-refractivity contribution in [3.05, 3.63) is 0 Å². The molecule has 1 saturated carbocycles. The van der Waals surface area contributed by atoms with E-state index < -0.39 is 23.5 Å². The summed E-state index contributed by atoms with van der Waals surface area (Å²) in [6.45, 7) is 5.48. The van der Waals surface area contributed by atoms with Gasteiger partial charge in [-0.25, -0.2) is 0 Å². The van der Waals surface area contributed by atoms with Gasteiger partial charge >= 0.3 is 11.9 Å². The van der Waals surface area contributed by atoms with Gasteiger partial charge in [-0.1, -0.05) is 39.0 Å². The number of nitrogens with one attached hydrogen (secondary N) is 1. The highest BCUT2D eigenvalue weighted by Gasteiger charge is 2.28. The van der Waals surface area contributed by atoms with Gasteiger partial charge in [0.2, 0.25) is 0 Å². The Bertz CT molecular complexity index is 404. The molecule has 6 heteroatoms. The monoisotopic (exact) mass is 343 g/mol. The highest BCUT2D eigenvalue weighted by Crippen LogP contribution is 2.27. The zero-order valence-corrected chi connectivity index (χ0v) is 15.2. The Morgan fingerprint density at radius 2 is 1.88 bits per heavy atom. The summed E-state index contributed by atoms with van der Waals surface area (Å²) in [5.41, 5.74) is -0.572. The number of ether oxygens (including phenoxy) is 1. The largest absolute Gasteiger partial charge is 0.480 e. The van der Waals surface area contributed by atoms with Crippen molar-refractivity contribution >= 4 is 11.9 Å². The minimum absolute atomic E-state index is 0.101. The molecular weight excluding hydrogens is 310 g/mol. The number of carboxylic acids is 1. The van der Waals surface area contributed by atoms with Gasteiger partial charge < -0.3 is 20.3 Å². The first kappa shape index (κ1) is 20.9. The fourth-order valence-electron chi connectivity index (χ4n) is 2.88. The Morgan fingerprint density at radius 3 is 2.42 bits per heavy atom. The van der Waals surface area contributed by atoms with Crippen LogP contribution in [0.25, 0.3) is 0 Å². The van der Waals surface area contributed by atoms with Crippen LogP contribution in [0.5, 0.6) is 0 Å². The molecule has 1 aliphatic rings. The van der Waals surface area contributed by atoms with Gasteiger partial charge in [0.25, 0.3) is 0 Å².